The molecule has 0 aromatic heterocycles. The largest absolute Gasteiger partial charge is 0.271 e. The number of allylic oxidation sites excluding steroid dienone is 8. The first-order valence-electron chi connectivity index (χ1n) is 6.36. The summed E-state index contributed by atoms with van der Waals surface area (Å²) in [5.74, 6) is -0.00388. The molecule has 0 aromatic rings. The normalized spacial score (nSPS) is 29.9. The molecule has 5 heteroatoms. The second-order valence-corrected chi connectivity index (χ2v) is 5.22. The summed E-state index contributed by atoms with van der Waals surface area (Å²) in [5.41, 5.74) is 1.67. The molecule has 0 spiro atoms. The Morgan fingerprint density at radius 3 is 2.65 bits per heavy atom. The van der Waals surface area contributed by atoms with Gasteiger partial charge in [-0.2, -0.15) is 10.1 Å². The van der Waals surface area contributed by atoms with Gasteiger partial charge >= 0.3 is 0 Å². The molecule has 2 atom stereocenters. The fourth-order valence-corrected chi connectivity index (χ4v) is 2.92. The van der Waals surface area contributed by atoms with E-state index in [9.17, 15) is 4.79 Å². The zero-order chi connectivity index (χ0) is 13.7. The highest BCUT2D eigenvalue weighted by Gasteiger charge is 2.39. The number of hydrogen-bond acceptors (Lipinski definition) is 3. The van der Waals surface area contributed by atoms with E-state index in [1.807, 2.05) is 48.6 Å². The van der Waals surface area contributed by atoms with Gasteiger partial charge in [-0.15, -0.1) is 0 Å². The first-order chi connectivity index (χ1) is 9.75. The van der Waals surface area contributed by atoms with E-state index < -0.39 is 0 Å². The number of halogens is 1. The van der Waals surface area contributed by atoms with Gasteiger partial charge in [0, 0.05) is 5.57 Å². The van der Waals surface area contributed by atoms with Crippen LogP contribution in [0.25, 0.3) is 0 Å². The topological polar surface area (TPSA) is 45.0 Å². The summed E-state index contributed by atoms with van der Waals surface area (Å²) in [6, 6.07) is 0. The Hall–Kier alpha value is -2.20. The van der Waals surface area contributed by atoms with Crippen LogP contribution in [0, 0.1) is 11.8 Å². The minimum absolute atomic E-state index is 0.107. The van der Waals surface area contributed by atoms with Gasteiger partial charge in [0.05, 0.1) is 11.6 Å². The minimum Gasteiger partial charge on any atom is -0.271 e. The monoisotopic (exact) mass is 283 g/mol. The van der Waals surface area contributed by atoms with Crippen LogP contribution in [0.4, 0.5) is 0 Å². The van der Waals surface area contributed by atoms with Gasteiger partial charge in [0.15, 0.2) is 5.82 Å². The second kappa shape index (κ2) is 4.15. The molecule has 20 heavy (non-hydrogen) atoms. The lowest BCUT2D eigenvalue weighted by molar-refractivity contribution is -0.130. The predicted molar refractivity (Wildman–Crippen MR) is 78.1 cm³/mol. The maximum atomic E-state index is 12.5. The average molecular weight is 284 g/mol. The van der Waals surface area contributed by atoms with E-state index in [4.69, 9.17) is 11.6 Å². The number of amides is 1. The highest BCUT2D eigenvalue weighted by atomic mass is 35.5. The molecule has 2 aliphatic carbocycles. The Morgan fingerprint density at radius 2 is 1.80 bits per heavy atom. The molecular weight excluding hydrogens is 274 g/mol. The van der Waals surface area contributed by atoms with Crippen molar-refractivity contribution in [2.45, 2.75) is 0 Å². The fraction of sp³-hybridized carbons (Fsp3) is 0.133. The summed E-state index contributed by atoms with van der Waals surface area (Å²) in [6.45, 7) is 0. The zero-order valence-electron chi connectivity index (χ0n) is 10.4. The van der Waals surface area contributed by atoms with E-state index in [1.165, 1.54) is 5.01 Å². The summed E-state index contributed by atoms with van der Waals surface area (Å²) >= 11 is 6.21. The summed E-state index contributed by atoms with van der Waals surface area (Å²) in [6.07, 6.45) is 15.2. The van der Waals surface area contributed by atoms with Crippen LogP contribution in [0.2, 0.25) is 0 Å². The van der Waals surface area contributed by atoms with Crippen LogP contribution in [-0.2, 0) is 4.79 Å². The maximum Gasteiger partial charge on any atom is 0.261 e. The van der Waals surface area contributed by atoms with E-state index in [0.29, 0.717) is 11.0 Å². The highest BCUT2D eigenvalue weighted by molar-refractivity contribution is 6.66. The molecule has 4 nitrogen and oxygen atoms in total. The van der Waals surface area contributed by atoms with E-state index in [-0.39, 0.29) is 17.7 Å². The first-order valence-corrected chi connectivity index (χ1v) is 6.74. The van der Waals surface area contributed by atoms with E-state index >= 15 is 0 Å². The zero-order valence-corrected chi connectivity index (χ0v) is 11.2. The fourth-order valence-electron chi connectivity index (χ4n) is 2.66. The van der Waals surface area contributed by atoms with Crippen LogP contribution in [-0.4, -0.2) is 21.8 Å². The van der Waals surface area contributed by atoms with Gasteiger partial charge in [-0.1, -0.05) is 54.1 Å². The lowest BCUT2D eigenvalue weighted by Gasteiger charge is -2.34. The first kappa shape index (κ1) is 11.6. The van der Waals surface area contributed by atoms with Crippen molar-refractivity contribution in [2.75, 3.05) is 0 Å². The number of aliphatic imine (C=N–C) groups is 1. The van der Waals surface area contributed by atoms with E-state index in [1.54, 1.807) is 0 Å². The van der Waals surface area contributed by atoms with Gasteiger partial charge in [0.1, 0.15) is 11.1 Å². The Labute approximate surface area is 120 Å². The lowest BCUT2D eigenvalue weighted by Crippen LogP contribution is -2.42. The molecule has 2 unspecified atom stereocenters. The third-order valence-corrected chi connectivity index (χ3v) is 3.96. The summed E-state index contributed by atoms with van der Waals surface area (Å²) < 4.78 is 0. The van der Waals surface area contributed by atoms with Gasteiger partial charge in [-0.05, 0) is 6.08 Å². The SMILES string of the molecule is O=C1C2C=CC=CC2=NC2=C3C=CC=CC3C(Cl)=NN12. The van der Waals surface area contributed by atoms with Crippen LogP contribution < -0.4 is 0 Å². The molecule has 0 N–H and O–H groups in total. The van der Waals surface area contributed by atoms with Gasteiger partial charge < -0.3 is 0 Å². The van der Waals surface area contributed by atoms with Gasteiger partial charge in [-0.3, -0.25) is 4.79 Å². The van der Waals surface area contributed by atoms with Crippen molar-refractivity contribution < 1.29 is 4.79 Å². The van der Waals surface area contributed by atoms with E-state index in [0.717, 1.165) is 11.3 Å². The molecular formula is C15H10ClN3O. The Balaban J connectivity index is 1.93. The number of nitrogens with zero attached hydrogens (tertiary/aromatic N) is 3. The molecule has 0 saturated heterocycles. The minimum atomic E-state index is -0.364. The van der Waals surface area contributed by atoms with Crippen LogP contribution in [0.3, 0.4) is 0 Å². The van der Waals surface area contributed by atoms with Gasteiger partial charge in [0.25, 0.3) is 5.91 Å². The summed E-state index contributed by atoms with van der Waals surface area (Å²) in [4.78, 5) is 17.1. The number of hydrazone groups is 1. The molecule has 0 radical (unpaired) electrons. The lowest BCUT2D eigenvalue weighted by atomic mass is 9.91. The highest BCUT2D eigenvalue weighted by Crippen LogP contribution is 2.36. The molecule has 2 heterocycles. The molecule has 98 valence electrons. The predicted octanol–water partition coefficient (Wildman–Crippen LogP) is 2.53. The Bertz CT molecular complexity index is 721. The van der Waals surface area contributed by atoms with Crippen molar-refractivity contribution in [1.82, 2.24) is 5.01 Å². The third kappa shape index (κ3) is 1.51. The van der Waals surface area contributed by atoms with Crippen molar-refractivity contribution in [2.24, 2.45) is 21.9 Å². The van der Waals surface area contributed by atoms with Gasteiger partial charge in [0.2, 0.25) is 0 Å². The number of fused-ring (bicyclic) bond motifs is 3. The van der Waals surface area contributed by atoms with Crippen molar-refractivity contribution in [3.05, 3.63) is 60.0 Å². The van der Waals surface area contributed by atoms with Gasteiger partial charge in [-0.25, -0.2) is 4.99 Å². The standard InChI is InChI=1S/C15H10ClN3O/c16-13-9-5-1-2-6-10(9)14-17-12-8-4-3-7-11(12)15(20)19(14)18-13/h1-9,11H. The number of carbonyl (C=O) groups is 1. The molecule has 4 rings (SSSR count). The van der Waals surface area contributed by atoms with Crippen LogP contribution >= 0.6 is 11.6 Å². The maximum absolute atomic E-state index is 12.5. The number of carbonyl (C=O) groups excluding carboxylic acids is 1. The summed E-state index contributed by atoms with van der Waals surface area (Å²) in [7, 11) is 0. The number of rotatable bonds is 0. The van der Waals surface area contributed by atoms with Crippen LogP contribution in [0.5, 0.6) is 0 Å². The van der Waals surface area contributed by atoms with Crippen LogP contribution in [0.1, 0.15) is 0 Å². The Morgan fingerprint density at radius 1 is 1.05 bits per heavy atom. The van der Waals surface area contributed by atoms with Crippen molar-refractivity contribution in [3.8, 4) is 0 Å². The van der Waals surface area contributed by atoms with Crippen LogP contribution in [0.15, 0.2) is 70.1 Å². The molecule has 0 bridgehead atoms. The second-order valence-electron chi connectivity index (χ2n) is 4.83. The summed E-state index contributed by atoms with van der Waals surface area (Å²) in [5, 5.41) is 5.94. The molecule has 1 amide bonds. The van der Waals surface area contributed by atoms with Crippen molar-refractivity contribution >= 4 is 28.4 Å². The molecule has 0 fully saturated rings. The molecule has 4 aliphatic rings. The number of hydrogen-bond donors (Lipinski definition) is 0. The molecule has 2 aliphatic heterocycles. The van der Waals surface area contributed by atoms with E-state index in [2.05, 4.69) is 10.1 Å². The average Bonchev–Trinajstić information content (AvgIpc) is 2.49. The van der Waals surface area contributed by atoms with Crippen molar-refractivity contribution in [3.63, 3.8) is 0 Å². The third-order valence-electron chi connectivity index (χ3n) is 3.65. The van der Waals surface area contributed by atoms with Crippen molar-refractivity contribution in [1.29, 1.82) is 0 Å². The smallest absolute Gasteiger partial charge is 0.261 e. The quantitative estimate of drug-likeness (QED) is 0.674. The molecule has 0 aromatic carbocycles. The molecule has 0 saturated carbocycles. The Kier molecular flexibility index (Phi) is 2.41.